The highest BCUT2D eigenvalue weighted by Gasteiger charge is 2.02. The van der Waals surface area contributed by atoms with Gasteiger partial charge in [0.2, 0.25) is 0 Å². The van der Waals surface area contributed by atoms with Crippen LogP contribution >= 0.6 is 12.4 Å². The first-order valence-corrected chi connectivity index (χ1v) is 4.82. The van der Waals surface area contributed by atoms with Gasteiger partial charge in [0, 0.05) is 26.2 Å². The Morgan fingerprint density at radius 3 is 1.07 bits per heavy atom. The van der Waals surface area contributed by atoms with Crippen molar-refractivity contribution in [1.29, 1.82) is 0 Å². The minimum absolute atomic E-state index is 0. The highest BCUT2D eigenvalue weighted by atomic mass is 35.5. The van der Waals surface area contributed by atoms with Gasteiger partial charge in [-0.15, -0.1) is 12.4 Å². The highest BCUT2D eigenvalue weighted by Crippen LogP contribution is 1.79. The Hall–Kier alpha value is -1.17. The summed E-state index contributed by atoms with van der Waals surface area (Å²) in [5.74, 6) is 0. The zero-order valence-corrected chi connectivity index (χ0v) is 9.28. The molecule has 7 heteroatoms. The van der Waals surface area contributed by atoms with Gasteiger partial charge in [0.05, 0.1) is 0 Å². The average molecular weight is 237 g/mol. The zero-order chi connectivity index (χ0) is 10.2. The highest BCUT2D eigenvalue weighted by molar-refractivity contribution is 5.85. The van der Waals surface area contributed by atoms with E-state index in [0.717, 1.165) is 39.0 Å². The molecule has 88 valence electrons. The third-order valence-corrected chi connectivity index (χ3v) is 1.85. The van der Waals surface area contributed by atoms with Crippen LogP contribution in [0.4, 0.5) is 9.59 Å². The minimum Gasteiger partial charge on any atom is -0.338 e. The molecule has 15 heavy (non-hydrogen) atoms. The van der Waals surface area contributed by atoms with E-state index in [2.05, 4.69) is 21.3 Å². The van der Waals surface area contributed by atoms with Crippen LogP contribution in [0.5, 0.6) is 0 Å². The van der Waals surface area contributed by atoms with E-state index in [1.54, 1.807) is 0 Å². The van der Waals surface area contributed by atoms with Crippen molar-refractivity contribution in [2.75, 3.05) is 26.2 Å². The lowest BCUT2D eigenvalue weighted by atomic mass is 10.4. The van der Waals surface area contributed by atoms with Gasteiger partial charge in [-0.25, -0.2) is 9.59 Å². The molecule has 0 radical (unpaired) electrons. The fraction of sp³-hybridized carbons (Fsp3) is 0.750. The number of nitrogens with one attached hydrogen (secondary N) is 4. The van der Waals surface area contributed by atoms with Crippen LogP contribution in [0.2, 0.25) is 0 Å². The Morgan fingerprint density at radius 2 is 0.933 bits per heavy atom. The molecule has 4 amide bonds. The lowest BCUT2D eigenvalue weighted by Crippen LogP contribution is -2.42. The third kappa shape index (κ3) is 6.84. The smallest absolute Gasteiger partial charge is 0.314 e. The lowest BCUT2D eigenvalue weighted by molar-refractivity contribution is 0.235. The van der Waals surface area contributed by atoms with E-state index in [-0.39, 0.29) is 24.5 Å². The second-order valence-corrected chi connectivity index (χ2v) is 3.07. The zero-order valence-electron chi connectivity index (χ0n) is 8.47. The number of hydrogen-bond acceptors (Lipinski definition) is 2. The molecule has 2 aliphatic rings. The maximum Gasteiger partial charge on any atom is 0.314 e. The average Bonchev–Trinajstić information content (AvgIpc) is 2.21. The number of hydrogen-bond donors (Lipinski definition) is 4. The van der Waals surface area contributed by atoms with Crippen LogP contribution in [0.15, 0.2) is 0 Å². The standard InChI is InChI=1S/2C4H8N2O.ClH/c2*7-4-5-2-1-3-6-4;/h2*1-3H2,(H2,5,6,7);1H. The van der Waals surface area contributed by atoms with E-state index in [4.69, 9.17) is 0 Å². The van der Waals surface area contributed by atoms with Crippen molar-refractivity contribution in [1.82, 2.24) is 21.3 Å². The van der Waals surface area contributed by atoms with Crippen molar-refractivity contribution >= 4 is 24.5 Å². The topological polar surface area (TPSA) is 82.3 Å². The molecular weight excluding hydrogens is 220 g/mol. The quantitative estimate of drug-likeness (QED) is 0.470. The predicted molar refractivity (Wildman–Crippen MR) is 59.3 cm³/mol. The number of urea groups is 2. The third-order valence-electron chi connectivity index (χ3n) is 1.85. The summed E-state index contributed by atoms with van der Waals surface area (Å²) in [5, 5.41) is 10.5. The SMILES string of the molecule is Cl.O=C1NCCCN1.O=C1NCCCN1. The molecule has 0 bridgehead atoms. The summed E-state index contributed by atoms with van der Waals surface area (Å²) in [6.07, 6.45) is 2.09. The second kappa shape index (κ2) is 8.16. The van der Waals surface area contributed by atoms with Crippen LogP contribution in [0.25, 0.3) is 0 Å². The van der Waals surface area contributed by atoms with E-state index in [1.165, 1.54) is 0 Å². The fourth-order valence-corrected chi connectivity index (χ4v) is 1.11. The van der Waals surface area contributed by atoms with Gasteiger partial charge < -0.3 is 21.3 Å². The van der Waals surface area contributed by atoms with Crippen molar-refractivity contribution in [3.05, 3.63) is 0 Å². The fourth-order valence-electron chi connectivity index (χ4n) is 1.11. The van der Waals surface area contributed by atoms with E-state index >= 15 is 0 Å². The van der Waals surface area contributed by atoms with Gasteiger partial charge in [-0.05, 0) is 12.8 Å². The van der Waals surface area contributed by atoms with Crippen molar-refractivity contribution in [2.45, 2.75) is 12.8 Å². The van der Waals surface area contributed by atoms with Crippen molar-refractivity contribution in [3.63, 3.8) is 0 Å². The Morgan fingerprint density at radius 1 is 0.667 bits per heavy atom. The van der Waals surface area contributed by atoms with Gasteiger partial charge in [0.25, 0.3) is 0 Å². The van der Waals surface area contributed by atoms with Crippen LogP contribution < -0.4 is 21.3 Å². The van der Waals surface area contributed by atoms with Crippen molar-refractivity contribution in [2.24, 2.45) is 0 Å². The van der Waals surface area contributed by atoms with Crippen molar-refractivity contribution in [3.8, 4) is 0 Å². The molecule has 0 atom stereocenters. The lowest BCUT2D eigenvalue weighted by Gasteiger charge is -2.11. The molecular formula is C8H17ClN4O2. The van der Waals surface area contributed by atoms with Crippen LogP contribution in [0, 0.1) is 0 Å². The molecule has 0 aliphatic carbocycles. The van der Waals surface area contributed by atoms with Gasteiger partial charge in [0.15, 0.2) is 0 Å². The summed E-state index contributed by atoms with van der Waals surface area (Å²) >= 11 is 0. The molecule has 4 N–H and O–H groups in total. The van der Waals surface area contributed by atoms with Gasteiger partial charge in [-0.2, -0.15) is 0 Å². The summed E-state index contributed by atoms with van der Waals surface area (Å²) in [6.45, 7) is 3.30. The Balaban J connectivity index is 0.000000245. The molecule has 0 aromatic carbocycles. The van der Waals surface area contributed by atoms with E-state index in [0.29, 0.717) is 0 Å². The molecule has 2 heterocycles. The minimum atomic E-state index is -0.0359. The van der Waals surface area contributed by atoms with Crippen molar-refractivity contribution < 1.29 is 9.59 Å². The number of carbonyl (C=O) groups excluding carboxylic acids is 2. The summed E-state index contributed by atoms with van der Waals surface area (Å²) < 4.78 is 0. The number of amides is 4. The normalized spacial score (nSPS) is 18.9. The molecule has 0 aromatic heterocycles. The number of carbonyl (C=O) groups is 2. The molecule has 0 saturated carbocycles. The van der Waals surface area contributed by atoms with Gasteiger partial charge in [-0.3, -0.25) is 0 Å². The first kappa shape index (κ1) is 13.8. The maximum absolute atomic E-state index is 10.2. The monoisotopic (exact) mass is 236 g/mol. The summed E-state index contributed by atoms with van der Waals surface area (Å²) in [5.41, 5.74) is 0. The Labute approximate surface area is 95.0 Å². The molecule has 2 aliphatic heterocycles. The molecule has 2 saturated heterocycles. The largest absolute Gasteiger partial charge is 0.338 e. The molecule has 6 nitrogen and oxygen atoms in total. The number of halogens is 1. The summed E-state index contributed by atoms with van der Waals surface area (Å²) in [4.78, 5) is 20.5. The Bertz CT molecular complexity index is 175. The second-order valence-electron chi connectivity index (χ2n) is 3.07. The molecule has 2 rings (SSSR count). The van der Waals surface area contributed by atoms with E-state index in [1.807, 2.05) is 0 Å². The van der Waals surface area contributed by atoms with Gasteiger partial charge >= 0.3 is 12.1 Å². The van der Waals surface area contributed by atoms with E-state index in [9.17, 15) is 9.59 Å². The van der Waals surface area contributed by atoms with E-state index < -0.39 is 0 Å². The summed E-state index contributed by atoms with van der Waals surface area (Å²) in [6, 6.07) is -0.0718. The number of rotatable bonds is 0. The first-order chi connectivity index (χ1) is 6.79. The molecule has 0 spiro atoms. The Kier molecular flexibility index (Phi) is 7.53. The maximum atomic E-state index is 10.2. The van der Waals surface area contributed by atoms with Gasteiger partial charge in [0.1, 0.15) is 0 Å². The van der Waals surface area contributed by atoms with Crippen LogP contribution in [-0.4, -0.2) is 38.2 Å². The molecule has 0 aromatic rings. The van der Waals surface area contributed by atoms with Crippen LogP contribution in [0.1, 0.15) is 12.8 Å². The van der Waals surface area contributed by atoms with Crippen LogP contribution in [-0.2, 0) is 0 Å². The molecule has 2 fully saturated rings. The first-order valence-electron chi connectivity index (χ1n) is 4.82. The predicted octanol–water partition coefficient (Wildman–Crippen LogP) is -0.200. The molecule has 0 unspecified atom stereocenters. The van der Waals surface area contributed by atoms with Crippen LogP contribution in [0.3, 0.4) is 0 Å². The van der Waals surface area contributed by atoms with Gasteiger partial charge in [-0.1, -0.05) is 0 Å². The summed E-state index contributed by atoms with van der Waals surface area (Å²) in [7, 11) is 0.